The van der Waals surface area contributed by atoms with Crippen LogP contribution in [-0.4, -0.2) is 23.0 Å². The van der Waals surface area contributed by atoms with Crippen LogP contribution in [0.4, 0.5) is 0 Å². The summed E-state index contributed by atoms with van der Waals surface area (Å²) in [6, 6.07) is 10.7. The molecule has 1 heterocycles. The first-order chi connectivity index (χ1) is 9.48. The van der Waals surface area contributed by atoms with Gasteiger partial charge in [0.2, 0.25) is 0 Å². The first kappa shape index (κ1) is 13.8. The summed E-state index contributed by atoms with van der Waals surface area (Å²) in [6.45, 7) is 5.59. The lowest BCUT2D eigenvalue weighted by Gasteiger charge is -2.29. The molecule has 3 heteroatoms. The topological polar surface area (TPSA) is 16.1 Å². The third-order valence-electron chi connectivity index (χ3n) is 4.83. The van der Waals surface area contributed by atoms with Crippen LogP contribution in [0.1, 0.15) is 32.4 Å². The van der Waals surface area contributed by atoms with E-state index in [4.69, 9.17) is 16.6 Å². The summed E-state index contributed by atoms with van der Waals surface area (Å²) in [4.78, 5) is 7.14. The monoisotopic (exact) mass is 288 g/mol. The van der Waals surface area contributed by atoms with Gasteiger partial charge in [0, 0.05) is 23.0 Å². The predicted octanol–water partition coefficient (Wildman–Crippen LogP) is 4.51. The second kappa shape index (κ2) is 5.01. The number of aromatic nitrogens is 1. The molecule has 1 aromatic carbocycles. The van der Waals surface area contributed by atoms with Crippen molar-refractivity contribution in [1.82, 2.24) is 9.88 Å². The molecular weight excluding hydrogens is 268 g/mol. The fourth-order valence-corrected chi connectivity index (χ4v) is 2.93. The van der Waals surface area contributed by atoms with Gasteiger partial charge in [-0.15, -0.1) is 0 Å². The Bertz CT molecular complexity index is 634. The molecule has 0 amide bonds. The smallest absolute Gasteiger partial charge is 0.0720 e. The highest BCUT2D eigenvalue weighted by Gasteiger charge is 2.43. The summed E-state index contributed by atoms with van der Waals surface area (Å²) >= 11 is 6.04. The number of benzene rings is 1. The van der Waals surface area contributed by atoms with Gasteiger partial charge in [-0.25, -0.2) is 0 Å². The minimum atomic E-state index is 0.509. The summed E-state index contributed by atoms with van der Waals surface area (Å²) in [5.74, 6) is 0. The van der Waals surface area contributed by atoms with Gasteiger partial charge in [-0.2, -0.15) is 0 Å². The zero-order valence-electron chi connectivity index (χ0n) is 12.4. The quantitative estimate of drug-likeness (QED) is 0.823. The molecule has 0 spiro atoms. The van der Waals surface area contributed by atoms with Gasteiger partial charge in [-0.05, 0) is 50.4 Å². The Balaban J connectivity index is 1.80. The van der Waals surface area contributed by atoms with E-state index in [1.807, 2.05) is 18.2 Å². The van der Waals surface area contributed by atoms with Gasteiger partial charge in [-0.1, -0.05) is 30.7 Å². The lowest BCUT2D eigenvalue weighted by atomic mass is 9.99. The highest BCUT2D eigenvalue weighted by molar-refractivity contribution is 6.31. The number of halogens is 1. The van der Waals surface area contributed by atoms with Crippen molar-refractivity contribution < 1.29 is 0 Å². The number of hydrogen-bond donors (Lipinski definition) is 0. The Morgan fingerprint density at radius 1 is 1.30 bits per heavy atom. The number of nitrogens with zero attached hydrogens (tertiary/aromatic N) is 2. The summed E-state index contributed by atoms with van der Waals surface area (Å²) in [6.07, 6.45) is 2.69. The molecule has 0 saturated heterocycles. The molecule has 1 unspecified atom stereocenters. The Hall–Kier alpha value is -1.12. The van der Waals surface area contributed by atoms with Crippen molar-refractivity contribution in [2.75, 3.05) is 7.05 Å². The van der Waals surface area contributed by atoms with Crippen molar-refractivity contribution in [3.8, 4) is 0 Å². The van der Waals surface area contributed by atoms with Gasteiger partial charge in [0.25, 0.3) is 0 Å². The maximum Gasteiger partial charge on any atom is 0.0720 e. The van der Waals surface area contributed by atoms with Crippen molar-refractivity contribution in [1.29, 1.82) is 0 Å². The predicted molar refractivity (Wildman–Crippen MR) is 85.0 cm³/mol. The summed E-state index contributed by atoms with van der Waals surface area (Å²) in [7, 11) is 2.19. The SMILES string of the molecule is CC(N(C)Cc1ccc2ccc(Cl)cc2n1)C1(C)CC1. The van der Waals surface area contributed by atoms with Crippen LogP contribution in [0, 0.1) is 5.41 Å². The third kappa shape index (κ3) is 2.68. The summed E-state index contributed by atoms with van der Waals surface area (Å²) < 4.78 is 0. The van der Waals surface area contributed by atoms with Crippen molar-refractivity contribution in [3.05, 3.63) is 41.0 Å². The Morgan fingerprint density at radius 3 is 2.70 bits per heavy atom. The Kier molecular flexibility index (Phi) is 3.47. The molecular formula is C17H21ClN2. The molecule has 0 aliphatic heterocycles. The van der Waals surface area contributed by atoms with Crippen LogP contribution in [-0.2, 0) is 6.54 Å². The van der Waals surface area contributed by atoms with Gasteiger partial charge in [0.1, 0.15) is 0 Å². The van der Waals surface area contributed by atoms with E-state index in [1.54, 1.807) is 0 Å². The molecule has 0 N–H and O–H groups in total. The van der Waals surface area contributed by atoms with E-state index in [1.165, 1.54) is 12.8 Å². The van der Waals surface area contributed by atoms with Crippen molar-refractivity contribution in [2.45, 2.75) is 39.3 Å². The van der Waals surface area contributed by atoms with Gasteiger partial charge in [-0.3, -0.25) is 9.88 Å². The highest BCUT2D eigenvalue weighted by Crippen LogP contribution is 2.49. The first-order valence-corrected chi connectivity index (χ1v) is 7.61. The van der Waals surface area contributed by atoms with Crippen LogP contribution in [0.25, 0.3) is 10.9 Å². The molecule has 3 rings (SSSR count). The van der Waals surface area contributed by atoms with Crippen LogP contribution in [0.2, 0.25) is 5.02 Å². The molecule has 1 saturated carbocycles. The average Bonchev–Trinajstić information content (AvgIpc) is 3.16. The van der Waals surface area contributed by atoms with Crippen molar-refractivity contribution in [2.24, 2.45) is 5.41 Å². The fourth-order valence-electron chi connectivity index (χ4n) is 2.76. The second-order valence-electron chi connectivity index (χ2n) is 6.38. The van der Waals surface area contributed by atoms with Crippen LogP contribution >= 0.6 is 11.6 Å². The van der Waals surface area contributed by atoms with E-state index in [9.17, 15) is 0 Å². The van der Waals surface area contributed by atoms with E-state index in [2.05, 4.69) is 37.9 Å². The average molecular weight is 289 g/mol. The molecule has 2 nitrogen and oxygen atoms in total. The molecule has 0 bridgehead atoms. The maximum atomic E-state index is 6.04. The van der Waals surface area contributed by atoms with E-state index in [-0.39, 0.29) is 0 Å². The second-order valence-corrected chi connectivity index (χ2v) is 6.82. The van der Waals surface area contributed by atoms with E-state index in [0.29, 0.717) is 11.5 Å². The van der Waals surface area contributed by atoms with Crippen LogP contribution < -0.4 is 0 Å². The first-order valence-electron chi connectivity index (χ1n) is 7.23. The molecule has 1 fully saturated rings. The molecule has 20 heavy (non-hydrogen) atoms. The normalized spacial score (nSPS) is 18.4. The molecule has 1 aliphatic rings. The number of pyridine rings is 1. The number of fused-ring (bicyclic) bond motifs is 1. The third-order valence-corrected chi connectivity index (χ3v) is 5.07. The lowest BCUT2D eigenvalue weighted by Crippen LogP contribution is -2.35. The van der Waals surface area contributed by atoms with Gasteiger partial charge in [0.15, 0.2) is 0 Å². The van der Waals surface area contributed by atoms with Crippen LogP contribution in [0.3, 0.4) is 0 Å². The number of rotatable bonds is 4. The summed E-state index contributed by atoms with van der Waals surface area (Å²) in [5.41, 5.74) is 2.60. The van der Waals surface area contributed by atoms with Gasteiger partial charge < -0.3 is 0 Å². The summed E-state index contributed by atoms with van der Waals surface area (Å²) in [5, 5.41) is 1.89. The maximum absolute atomic E-state index is 6.04. The Labute approximate surface area is 125 Å². The zero-order chi connectivity index (χ0) is 14.3. The van der Waals surface area contributed by atoms with E-state index < -0.39 is 0 Å². The van der Waals surface area contributed by atoms with Crippen LogP contribution in [0.5, 0.6) is 0 Å². The fraction of sp³-hybridized carbons (Fsp3) is 0.471. The molecule has 0 radical (unpaired) electrons. The van der Waals surface area contributed by atoms with Gasteiger partial charge in [0.05, 0.1) is 11.2 Å². The zero-order valence-corrected chi connectivity index (χ0v) is 13.1. The standard InChI is InChI=1S/C17H21ClN2/c1-12(17(2)8-9-17)20(3)11-15-7-5-13-4-6-14(18)10-16(13)19-15/h4-7,10,12H,8-9,11H2,1-3H3. The molecule has 1 aliphatic carbocycles. The molecule has 1 atom stereocenters. The molecule has 106 valence electrons. The minimum absolute atomic E-state index is 0.509. The number of hydrogen-bond acceptors (Lipinski definition) is 2. The molecule has 2 aromatic rings. The largest absolute Gasteiger partial charge is 0.297 e. The van der Waals surface area contributed by atoms with Crippen molar-refractivity contribution >= 4 is 22.5 Å². The van der Waals surface area contributed by atoms with Crippen molar-refractivity contribution in [3.63, 3.8) is 0 Å². The minimum Gasteiger partial charge on any atom is -0.297 e. The van der Waals surface area contributed by atoms with Gasteiger partial charge >= 0.3 is 0 Å². The van der Waals surface area contributed by atoms with E-state index in [0.717, 1.165) is 28.2 Å². The lowest BCUT2D eigenvalue weighted by molar-refractivity contribution is 0.176. The highest BCUT2D eigenvalue weighted by atomic mass is 35.5. The molecule has 1 aromatic heterocycles. The van der Waals surface area contributed by atoms with Crippen LogP contribution in [0.15, 0.2) is 30.3 Å². The Morgan fingerprint density at radius 2 is 2.00 bits per heavy atom. The van der Waals surface area contributed by atoms with E-state index >= 15 is 0 Å².